The maximum Gasteiger partial charge on any atom is 0.409 e. The van der Waals surface area contributed by atoms with Crippen molar-refractivity contribution in [1.29, 1.82) is 0 Å². The average Bonchev–Trinajstić information content (AvgIpc) is 2.74. The second-order valence-corrected chi connectivity index (χ2v) is 9.37. The summed E-state index contributed by atoms with van der Waals surface area (Å²) >= 11 is 6.02. The van der Waals surface area contributed by atoms with Gasteiger partial charge in [0, 0.05) is 37.6 Å². The first-order valence-electron chi connectivity index (χ1n) is 10.7. The third-order valence-electron chi connectivity index (χ3n) is 5.15. The molecule has 0 bridgehead atoms. The zero-order valence-electron chi connectivity index (χ0n) is 18.8. The van der Waals surface area contributed by atoms with Gasteiger partial charge in [-0.2, -0.15) is 0 Å². The fourth-order valence-electron chi connectivity index (χ4n) is 3.70. The van der Waals surface area contributed by atoms with Gasteiger partial charge in [-0.1, -0.05) is 54.1 Å². The molecule has 1 N–H and O–H groups in total. The van der Waals surface area contributed by atoms with Crippen LogP contribution in [-0.2, 0) is 22.5 Å². The molecule has 1 aliphatic heterocycles. The Balaban J connectivity index is 1.75. The number of carbonyl (C=O) groups is 1. The van der Waals surface area contributed by atoms with Crippen LogP contribution in [0, 0.1) is 0 Å². The largest absolute Gasteiger partial charge is 0.444 e. The van der Waals surface area contributed by atoms with Crippen LogP contribution in [0.1, 0.15) is 31.9 Å². The molecule has 6 nitrogen and oxygen atoms in total. The van der Waals surface area contributed by atoms with Gasteiger partial charge in [0.2, 0.25) is 0 Å². The molecule has 0 radical (unpaired) electrons. The van der Waals surface area contributed by atoms with Crippen molar-refractivity contribution < 1.29 is 14.3 Å². The zero-order chi connectivity index (χ0) is 23.1. The molecule has 2 aromatic rings. The van der Waals surface area contributed by atoms with Gasteiger partial charge < -0.3 is 15.0 Å². The molecule has 3 rings (SSSR count). The summed E-state index contributed by atoms with van der Waals surface area (Å²) < 4.78 is 5.47. The molecular weight excluding hydrogens is 426 g/mol. The van der Waals surface area contributed by atoms with Gasteiger partial charge in [0.1, 0.15) is 23.4 Å². The van der Waals surface area contributed by atoms with Gasteiger partial charge in [-0.05, 0) is 44.0 Å². The fourth-order valence-corrected chi connectivity index (χ4v) is 3.83. The molecule has 170 valence electrons. The summed E-state index contributed by atoms with van der Waals surface area (Å²) in [4.78, 5) is 28.6. The van der Waals surface area contributed by atoms with Crippen LogP contribution < -0.4 is 5.32 Å². The van der Waals surface area contributed by atoms with E-state index in [2.05, 4.69) is 28.3 Å². The van der Waals surface area contributed by atoms with E-state index in [0.29, 0.717) is 30.2 Å². The zero-order valence-corrected chi connectivity index (χ0v) is 19.6. The minimum atomic E-state index is -0.618. The highest BCUT2D eigenvalue weighted by Crippen LogP contribution is 2.20. The molecule has 32 heavy (non-hydrogen) atoms. The number of hydrogen-bond donors (Lipinski definition) is 1. The van der Waals surface area contributed by atoms with Gasteiger partial charge in [-0.3, -0.25) is 4.90 Å². The van der Waals surface area contributed by atoms with Crippen molar-refractivity contribution in [3.05, 3.63) is 76.4 Å². The van der Waals surface area contributed by atoms with E-state index in [1.54, 1.807) is 0 Å². The molecule has 1 heterocycles. The standard InChI is InChI=1S/C25H30ClN3O3/c1-25(2,3)32-24(31)27-23(15-19-9-11-21(26)12-10-19)29-14-13-28(17-22(29)18-30)16-20-7-5-4-6-8-20/h4-12,23H,13-17H2,1-3H3,(H,27,31). The van der Waals surface area contributed by atoms with Gasteiger partial charge in [-0.25, -0.2) is 9.59 Å². The number of benzene rings is 2. The predicted molar refractivity (Wildman–Crippen MR) is 126 cm³/mol. The molecule has 0 saturated carbocycles. The van der Waals surface area contributed by atoms with Crippen LogP contribution in [0.3, 0.4) is 0 Å². The lowest BCUT2D eigenvalue weighted by Crippen LogP contribution is -2.56. The molecule has 0 aromatic heterocycles. The monoisotopic (exact) mass is 455 g/mol. The van der Waals surface area contributed by atoms with Crippen molar-refractivity contribution in [2.75, 3.05) is 19.6 Å². The van der Waals surface area contributed by atoms with Crippen LogP contribution in [0.15, 0.2) is 60.3 Å². The SMILES string of the molecule is CC(C)(C)OC(=O)NC(Cc1ccc(Cl)cc1)N1CCN(Cc2ccccc2)CC1=C=O. The van der Waals surface area contributed by atoms with Gasteiger partial charge in [0.05, 0.1) is 0 Å². The summed E-state index contributed by atoms with van der Waals surface area (Å²) in [6.45, 7) is 8.02. The molecule has 1 atom stereocenters. The van der Waals surface area contributed by atoms with Crippen molar-refractivity contribution in [2.24, 2.45) is 0 Å². The third kappa shape index (κ3) is 7.13. The van der Waals surface area contributed by atoms with Crippen LogP contribution >= 0.6 is 11.6 Å². The Morgan fingerprint density at radius 2 is 1.78 bits per heavy atom. The second-order valence-electron chi connectivity index (χ2n) is 8.93. The number of hydrogen-bond acceptors (Lipinski definition) is 5. The Kier molecular flexibility index (Phi) is 7.97. The summed E-state index contributed by atoms with van der Waals surface area (Å²) in [7, 11) is 0. The van der Waals surface area contributed by atoms with Crippen LogP contribution in [-0.4, -0.2) is 53.2 Å². The lowest BCUT2D eigenvalue weighted by Gasteiger charge is -2.41. The van der Waals surface area contributed by atoms with Crippen molar-refractivity contribution in [3.63, 3.8) is 0 Å². The van der Waals surface area contributed by atoms with Crippen molar-refractivity contribution in [1.82, 2.24) is 15.1 Å². The van der Waals surface area contributed by atoms with E-state index < -0.39 is 17.9 Å². The number of halogens is 1. The van der Waals surface area contributed by atoms with E-state index in [0.717, 1.165) is 18.7 Å². The van der Waals surface area contributed by atoms with E-state index in [4.69, 9.17) is 16.3 Å². The maximum atomic E-state index is 12.6. The number of alkyl carbamates (subject to hydrolysis) is 1. The first-order chi connectivity index (χ1) is 15.2. The second kappa shape index (κ2) is 10.7. The van der Waals surface area contributed by atoms with Crippen LogP contribution in [0.25, 0.3) is 0 Å². The number of ether oxygens (including phenoxy) is 1. The average molecular weight is 456 g/mol. The first kappa shape index (κ1) is 23.9. The molecule has 2 aromatic carbocycles. The van der Waals surface area contributed by atoms with E-state index >= 15 is 0 Å². The van der Waals surface area contributed by atoms with Gasteiger partial charge >= 0.3 is 6.09 Å². The topological polar surface area (TPSA) is 61.9 Å². The van der Waals surface area contributed by atoms with E-state index in [9.17, 15) is 9.59 Å². The normalized spacial score (nSPS) is 15.8. The summed E-state index contributed by atoms with van der Waals surface area (Å²) in [5.41, 5.74) is 2.08. The molecule has 7 heteroatoms. The number of carbonyl (C=O) groups excluding carboxylic acids is 2. The first-order valence-corrected chi connectivity index (χ1v) is 11.1. The minimum Gasteiger partial charge on any atom is -0.444 e. The summed E-state index contributed by atoms with van der Waals surface area (Å²) in [5.74, 6) is 2.10. The van der Waals surface area contributed by atoms with Crippen molar-refractivity contribution in [2.45, 2.75) is 45.5 Å². The number of nitrogens with one attached hydrogen (secondary N) is 1. The highest BCUT2D eigenvalue weighted by molar-refractivity contribution is 6.30. The molecule has 0 spiro atoms. The molecular formula is C25H30ClN3O3. The molecule has 1 amide bonds. The number of nitrogens with zero attached hydrogens (tertiary/aromatic N) is 2. The van der Waals surface area contributed by atoms with E-state index in [1.807, 2.05) is 68.1 Å². The Hall–Kier alpha value is -2.79. The number of piperazine rings is 1. The molecule has 0 aliphatic carbocycles. The van der Waals surface area contributed by atoms with Gasteiger partial charge in [0.25, 0.3) is 0 Å². The molecule has 1 unspecified atom stereocenters. The van der Waals surface area contributed by atoms with Gasteiger partial charge in [0.15, 0.2) is 0 Å². The van der Waals surface area contributed by atoms with Crippen LogP contribution in [0.4, 0.5) is 4.79 Å². The van der Waals surface area contributed by atoms with E-state index in [1.165, 1.54) is 5.56 Å². The summed E-state index contributed by atoms with van der Waals surface area (Å²) in [6.07, 6.45) is -0.463. The highest BCUT2D eigenvalue weighted by atomic mass is 35.5. The fraction of sp³-hybridized carbons (Fsp3) is 0.400. The lowest BCUT2D eigenvalue weighted by molar-refractivity contribution is 0.0406. The predicted octanol–water partition coefficient (Wildman–Crippen LogP) is 4.27. The van der Waals surface area contributed by atoms with Crippen LogP contribution in [0.5, 0.6) is 0 Å². The molecule has 1 saturated heterocycles. The number of amides is 1. The maximum absolute atomic E-state index is 12.6. The van der Waals surface area contributed by atoms with E-state index in [-0.39, 0.29) is 0 Å². The van der Waals surface area contributed by atoms with Crippen LogP contribution in [0.2, 0.25) is 5.02 Å². The highest BCUT2D eigenvalue weighted by Gasteiger charge is 2.30. The minimum absolute atomic E-state index is 0.443. The summed E-state index contributed by atoms with van der Waals surface area (Å²) in [5, 5.41) is 3.60. The summed E-state index contributed by atoms with van der Waals surface area (Å²) in [6, 6.07) is 17.6. The quantitative estimate of drug-likeness (QED) is 0.659. The lowest BCUT2D eigenvalue weighted by atomic mass is 10.1. The number of rotatable bonds is 6. The van der Waals surface area contributed by atoms with Crippen molar-refractivity contribution >= 4 is 23.6 Å². The molecule has 1 fully saturated rings. The third-order valence-corrected chi connectivity index (χ3v) is 5.40. The van der Waals surface area contributed by atoms with Crippen molar-refractivity contribution in [3.8, 4) is 0 Å². The molecule has 1 aliphatic rings. The Labute approximate surface area is 194 Å². The Morgan fingerprint density at radius 1 is 1.09 bits per heavy atom. The smallest absolute Gasteiger partial charge is 0.409 e. The Bertz CT molecular complexity index is 951. The Morgan fingerprint density at radius 3 is 2.41 bits per heavy atom. The van der Waals surface area contributed by atoms with Gasteiger partial charge in [-0.15, -0.1) is 0 Å².